The smallest absolute Gasteiger partial charge is 0.207 e. The minimum atomic E-state index is -3.68. The quantitative estimate of drug-likeness (QED) is 0.489. The maximum Gasteiger partial charge on any atom is 0.261 e. The molecule has 0 fully saturated rings. The van der Waals surface area contributed by atoms with Crippen LogP contribution >= 0.6 is 10.7 Å². The number of rotatable bonds is 2. The molecule has 0 spiro atoms. The van der Waals surface area contributed by atoms with Crippen LogP contribution in [0.4, 0.5) is 0 Å². The fraction of sp³-hybridized carbons (Fsp3) is 0.0526. The van der Waals surface area contributed by atoms with E-state index in [1.165, 1.54) is 22.3 Å². The molecule has 0 atom stereocenters. The molecule has 0 saturated heterocycles. The second-order valence-corrected chi connectivity index (χ2v) is 8.19. The Morgan fingerprint density at radius 1 is 0.739 bits per heavy atom. The molecular formula is C19H13ClO2S. The highest BCUT2D eigenvalue weighted by Gasteiger charge is 2.21. The summed E-state index contributed by atoms with van der Waals surface area (Å²) in [5, 5.41) is 0. The van der Waals surface area contributed by atoms with E-state index in [0.29, 0.717) is 0 Å². The highest BCUT2D eigenvalue weighted by Crippen LogP contribution is 2.41. The fourth-order valence-corrected chi connectivity index (χ4v) is 3.99. The molecule has 0 bridgehead atoms. The maximum atomic E-state index is 11.4. The lowest BCUT2D eigenvalue weighted by molar-refractivity contribution is 0.609. The van der Waals surface area contributed by atoms with Gasteiger partial charge in [-0.1, -0.05) is 54.6 Å². The van der Waals surface area contributed by atoms with Gasteiger partial charge in [-0.15, -0.1) is 0 Å². The summed E-state index contributed by atoms with van der Waals surface area (Å²) in [6.07, 6.45) is 0.900. The summed E-state index contributed by atoms with van der Waals surface area (Å²) < 4.78 is 22.8. The second-order valence-electron chi connectivity index (χ2n) is 5.63. The summed E-state index contributed by atoms with van der Waals surface area (Å²) in [6.45, 7) is 0. The molecule has 0 aliphatic heterocycles. The zero-order valence-corrected chi connectivity index (χ0v) is 13.7. The van der Waals surface area contributed by atoms with Crippen LogP contribution in [0.3, 0.4) is 0 Å². The topological polar surface area (TPSA) is 34.1 Å². The van der Waals surface area contributed by atoms with E-state index in [-0.39, 0.29) is 4.90 Å². The molecule has 3 aromatic rings. The van der Waals surface area contributed by atoms with Gasteiger partial charge in [-0.2, -0.15) is 0 Å². The van der Waals surface area contributed by atoms with Crippen molar-refractivity contribution in [2.24, 2.45) is 0 Å². The molecule has 0 saturated carbocycles. The van der Waals surface area contributed by atoms with Crippen LogP contribution in [0.15, 0.2) is 71.6 Å². The SMILES string of the molecule is O=S(=O)(Cl)c1ccc(-c2cccc3c2Cc2ccccc2-3)cc1. The van der Waals surface area contributed by atoms with Gasteiger partial charge in [0.15, 0.2) is 0 Å². The summed E-state index contributed by atoms with van der Waals surface area (Å²) >= 11 is 0. The molecule has 0 unspecified atom stereocenters. The molecule has 0 amide bonds. The number of fused-ring (bicyclic) bond motifs is 3. The normalized spacial score (nSPS) is 12.7. The van der Waals surface area contributed by atoms with Crippen LogP contribution in [0.25, 0.3) is 22.3 Å². The van der Waals surface area contributed by atoms with Crippen molar-refractivity contribution in [1.29, 1.82) is 0 Å². The molecule has 3 aromatic carbocycles. The van der Waals surface area contributed by atoms with Crippen LogP contribution < -0.4 is 0 Å². The predicted molar refractivity (Wildman–Crippen MR) is 93.2 cm³/mol. The summed E-state index contributed by atoms with van der Waals surface area (Å²) in [5.41, 5.74) is 7.29. The van der Waals surface area contributed by atoms with E-state index >= 15 is 0 Å². The van der Waals surface area contributed by atoms with Gasteiger partial charge in [-0.05, 0) is 51.9 Å². The van der Waals surface area contributed by atoms with Crippen LogP contribution in [-0.4, -0.2) is 8.42 Å². The standard InChI is InChI=1S/C19H13ClO2S/c20-23(21,22)15-10-8-13(9-11-15)16-6-3-7-18-17-5-2-1-4-14(17)12-19(16)18/h1-11H,12H2. The number of benzene rings is 3. The maximum absolute atomic E-state index is 11.4. The Labute approximate surface area is 139 Å². The van der Waals surface area contributed by atoms with Gasteiger partial charge in [0.25, 0.3) is 9.05 Å². The zero-order valence-electron chi connectivity index (χ0n) is 12.2. The lowest BCUT2D eigenvalue weighted by Crippen LogP contribution is -1.91. The Bertz CT molecular complexity index is 1010. The predicted octanol–water partition coefficient (Wildman–Crippen LogP) is 4.85. The minimum absolute atomic E-state index is 0.124. The van der Waals surface area contributed by atoms with Crippen molar-refractivity contribution >= 4 is 19.7 Å². The first-order valence-electron chi connectivity index (χ1n) is 7.29. The first-order valence-corrected chi connectivity index (χ1v) is 9.60. The van der Waals surface area contributed by atoms with Crippen LogP contribution in [0.1, 0.15) is 11.1 Å². The molecular weight excluding hydrogens is 328 g/mol. The Balaban J connectivity index is 1.83. The Hall–Kier alpha value is -2.10. The van der Waals surface area contributed by atoms with Crippen molar-refractivity contribution in [3.8, 4) is 22.3 Å². The van der Waals surface area contributed by atoms with Crippen molar-refractivity contribution in [3.05, 3.63) is 77.9 Å². The first kappa shape index (κ1) is 14.5. The second kappa shape index (κ2) is 5.22. The van der Waals surface area contributed by atoms with E-state index in [1.807, 2.05) is 18.2 Å². The molecule has 23 heavy (non-hydrogen) atoms. The fourth-order valence-electron chi connectivity index (χ4n) is 3.22. The number of hydrogen-bond donors (Lipinski definition) is 0. The van der Waals surface area contributed by atoms with Crippen LogP contribution in [0, 0.1) is 0 Å². The van der Waals surface area contributed by atoms with Gasteiger partial charge in [-0.3, -0.25) is 0 Å². The van der Waals surface area contributed by atoms with E-state index in [4.69, 9.17) is 10.7 Å². The first-order chi connectivity index (χ1) is 11.0. The van der Waals surface area contributed by atoms with Gasteiger partial charge < -0.3 is 0 Å². The third kappa shape index (κ3) is 2.46. The van der Waals surface area contributed by atoms with E-state index in [1.54, 1.807) is 12.1 Å². The lowest BCUT2D eigenvalue weighted by Gasteiger charge is -2.09. The van der Waals surface area contributed by atoms with Gasteiger partial charge in [0, 0.05) is 10.7 Å². The van der Waals surface area contributed by atoms with Crippen molar-refractivity contribution in [3.63, 3.8) is 0 Å². The molecule has 0 radical (unpaired) electrons. The Kier molecular flexibility index (Phi) is 3.29. The van der Waals surface area contributed by atoms with Gasteiger partial charge in [0.2, 0.25) is 0 Å². The zero-order chi connectivity index (χ0) is 16.0. The van der Waals surface area contributed by atoms with Crippen molar-refractivity contribution in [1.82, 2.24) is 0 Å². The molecule has 0 aromatic heterocycles. The van der Waals surface area contributed by atoms with Gasteiger partial charge >= 0.3 is 0 Å². The molecule has 4 heteroatoms. The highest BCUT2D eigenvalue weighted by atomic mass is 35.7. The number of halogens is 1. The number of hydrogen-bond acceptors (Lipinski definition) is 2. The van der Waals surface area contributed by atoms with Crippen LogP contribution in [0.5, 0.6) is 0 Å². The highest BCUT2D eigenvalue weighted by molar-refractivity contribution is 8.13. The Morgan fingerprint density at radius 2 is 1.39 bits per heavy atom. The third-order valence-electron chi connectivity index (χ3n) is 4.30. The summed E-state index contributed by atoms with van der Waals surface area (Å²) in [4.78, 5) is 0.124. The van der Waals surface area contributed by atoms with Gasteiger partial charge in [0.1, 0.15) is 0 Å². The van der Waals surface area contributed by atoms with Gasteiger partial charge in [0.05, 0.1) is 4.90 Å². The monoisotopic (exact) mass is 340 g/mol. The Morgan fingerprint density at radius 3 is 2.13 bits per heavy atom. The lowest BCUT2D eigenvalue weighted by atomic mass is 9.96. The largest absolute Gasteiger partial charge is 0.261 e. The molecule has 0 N–H and O–H groups in total. The van der Waals surface area contributed by atoms with Crippen LogP contribution in [0.2, 0.25) is 0 Å². The average Bonchev–Trinajstić information content (AvgIpc) is 2.93. The molecule has 1 aliphatic carbocycles. The molecule has 1 aliphatic rings. The molecule has 2 nitrogen and oxygen atoms in total. The van der Waals surface area contributed by atoms with E-state index in [0.717, 1.165) is 17.5 Å². The third-order valence-corrected chi connectivity index (χ3v) is 5.67. The summed E-state index contributed by atoms with van der Waals surface area (Å²) in [6, 6.07) is 21.4. The average molecular weight is 341 g/mol. The van der Waals surface area contributed by atoms with E-state index < -0.39 is 9.05 Å². The van der Waals surface area contributed by atoms with Crippen molar-refractivity contribution in [2.45, 2.75) is 11.3 Å². The minimum Gasteiger partial charge on any atom is -0.207 e. The molecule has 0 heterocycles. The molecule has 4 rings (SSSR count). The molecule has 114 valence electrons. The summed E-state index contributed by atoms with van der Waals surface area (Å²) in [7, 11) is 1.70. The van der Waals surface area contributed by atoms with Crippen LogP contribution in [-0.2, 0) is 15.5 Å². The van der Waals surface area contributed by atoms with E-state index in [2.05, 4.69) is 36.4 Å². The van der Waals surface area contributed by atoms with Crippen molar-refractivity contribution in [2.75, 3.05) is 0 Å². The van der Waals surface area contributed by atoms with E-state index in [9.17, 15) is 8.42 Å². The van der Waals surface area contributed by atoms with Gasteiger partial charge in [-0.25, -0.2) is 8.42 Å². The summed E-state index contributed by atoms with van der Waals surface area (Å²) in [5.74, 6) is 0. The van der Waals surface area contributed by atoms with Crippen molar-refractivity contribution < 1.29 is 8.42 Å².